The second-order valence-electron chi connectivity index (χ2n) is 6.65. The van der Waals surface area contributed by atoms with Crippen LogP contribution >= 0.6 is 0 Å². The highest BCUT2D eigenvalue weighted by Crippen LogP contribution is 2.09. The van der Waals surface area contributed by atoms with Gasteiger partial charge in [-0.3, -0.25) is 9.69 Å². The van der Waals surface area contributed by atoms with Crippen LogP contribution in [0.2, 0.25) is 0 Å². The van der Waals surface area contributed by atoms with Crippen LogP contribution in [0.4, 0.5) is 0 Å². The summed E-state index contributed by atoms with van der Waals surface area (Å²) in [6, 6.07) is 0. The van der Waals surface area contributed by atoms with E-state index in [1.165, 1.54) is 19.3 Å². The lowest BCUT2D eigenvalue weighted by molar-refractivity contribution is -0.131. The Kier molecular flexibility index (Phi) is 8.77. The molecule has 0 aromatic carbocycles. The number of nitrogens with zero attached hydrogens (tertiary/aromatic N) is 4. The highest BCUT2D eigenvalue weighted by atomic mass is 16.2. The molecule has 130 valence electrons. The first-order valence-electron chi connectivity index (χ1n) is 8.67. The maximum atomic E-state index is 12.3. The minimum absolute atomic E-state index is 0.135. The molecule has 1 rings (SSSR count). The molecule has 5 heteroatoms. The first-order valence-corrected chi connectivity index (χ1v) is 8.67. The molecule has 5 nitrogen and oxygen atoms in total. The summed E-state index contributed by atoms with van der Waals surface area (Å²) in [7, 11) is 3.85. The zero-order chi connectivity index (χ0) is 17.2. The lowest BCUT2D eigenvalue weighted by atomic mass is 10.2. The number of aromatic nitrogens is 2. The Morgan fingerprint density at radius 1 is 1.13 bits per heavy atom. The van der Waals surface area contributed by atoms with E-state index in [1.807, 2.05) is 26.5 Å². The predicted molar refractivity (Wildman–Crippen MR) is 94.2 cm³/mol. The molecule has 1 aromatic heterocycles. The molecule has 0 aliphatic rings. The van der Waals surface area contributed by atoms with Gasteiger partial charge in [-0.2, -0.15) is 0 Å². The topological polar surface area (TPSA) is 49.3 Å². The number of unbranched alkanes of at least 4 members (excludes halogenated alkanes) is 3. The van der Waals surface area contributed by atoms with Gasteiger partial charge in [-0.15, -0.1) is 0 Å². The summed E-state index contributed by atoms with van der Waals surface area (Å²) >= 11 is 0. The van der Waals surface area contributed by atoms with Crippen LogP contribution in [0.15, 0.2) is 12.4 Å². The normalized spacial score (nSPS) is 11.3. The van der Waals surface area contributed by atoms with Crippen molar-refractivity contribution in [1.29, 1.82) is 0 Å². The van der Waals surface area contributed by atoms with Crippen LogP contribution in [0.3, 0.4) is 0 Å². The van der Waals surface area contributed by atoms with E-state index < -0.39 is 0 Å². The van der Waals surface area contributed by atoms with E-state index in [0.29, 0.717) is 19.0 Å². The number of amides is 1. The summed E-state index contributed by atoms with van der Waals surface area (Å²) in [6.45, 7) is 8.35. The Morgan fingerprint density at radius 2 is 1.78 bits per heavy atom. The summed E-state index contributed by atoms with van der Waals surface area (Å²) < 4.78 is 0. The average molecular weight is 320 g/mol. The Bertz CT molecular complexity index is 459. The SMILES string of the molecule is CCCCCCN(C)CC(=O)N(C)Cc1cnc(C(C)C)nc1. The van der Waals surface area contributed by atoms with Crippen LogP contribution in [-0.4, -0.2) is 52.9 Å². The molecular weight excluding hydrogens is 288 g/mol. The van der Waals surface area contributed by atoms with Gasteiger partial charge >= 0.3 is 0 Å². The first kappa shape index (κ1) is 19.6. The second kappa shape index (κ2) is 10.3. The van der Waals surface area contributed by atoms with E-state index >= 15 is 0 Å². The maximum Gasteiger partial charge on any atom is 0.236 e. The van der Waals surface area contributed by atoms with Crippen molar-refractivity contribution in [2.45, 2.75) is 58.9 Å². The number of hydrogen-bond donors (Lipinski definition) is 0. The zero-order valence-electron chi connectivity index (χ0n) is 15.4. The fourth-order valence-corrected chi connectivity index (χ4v) is 2.35. The maximum absolute atomic E-state index is 12.3. The number of carbonyl (C=O) groups excluding carboxylic acids is 1. The van der Waals surface area contributed by atoms with Crippen molar-refractivity contribution in [3.8, 4) is 0 Å². The minimum Gasteiger partial charge on any atom is -0.340 e. The van der Waals surface area contributed by atoms with Gasteiger partial charge in [-0.1, -0.05) is 40.0 Å². The van der Waals surface area contributed by atoms with Gasteiger partial charge in [0.25, 0.3) is 0 Å². The molecule has 0 radical (unpaired) electrons. The van der Waals surface area contributed by atoms with Crippen molar-refractivity contribution in [3.63, 3.8) is 0 Å². The molecule has 0 aliphatic carbocycles. The summed E-state index contributed by atoms with van der Waals surface area (Å²) in [5.41, 5.74) is 0.968. The number of hydrogen-bond acceptors (Lipinski definition) is 4. The fourth-order valence-electron chi connectivity index (χ4n) is 2.35. The summed E-state index contributed by atoms with van der Waals surface area (Å²) in [4.78, 5) is 24.8. The van der Waals surface area contributed by atoms with Crippen molar-refractivity contribution in [2.75, 3.05) is 27.2 Å². The van der Waals surface area contributed by atoms with Crippen LogP contribution in [0.5, 0.6) is 0 Å². The standard InChI is InChI=1S/C18H32N4O/c1-6-7-8-9-10-21(4)14-17(23)22(5)13-16-11-19-18(15(2)3)20-12-16/h11-12,15H,6-10,13-14H2,1-5H3. The van der Waals surface area contributed by atoms with Gasteiger partial charge < -0.3 is 4.90 Å². The van der Waals surface area contributed by atoms with Gasteiger partial charge in [0, 0.05) is 37.5 Å². The van der Waals surface area contributed by atoms with Crippen LogP contribution < -0.4 is 0 Å². The lowest BCUT2D eigenvalue weighted by Gasteiger charge is -2.22. The Hall–Kier alpha value is -1.49. The Balaban J connectivity index is 2.38. The van der Waals surface area contributed by atoms with Gasteiger partial charge in [0.1, 0.15) is 5.82 Å². The predicted octanol–water partition coefficient (Wildman–Crippen LogP) is 3.07. The molecule has 0 bridgehead atoms. The minimum atomic E-state index is 0.135. The molecular formula is C18H32N4O. The molecule has 0 spiro atoms. The second-order valence-corrected chi connectivity index (χ2v) is 6.65. The van der Waals surface area contributed by atoms with E-state index in [-0.39, 0.29) is 5.91 Å². The van der Waals surface area contributed by atoms with E-state index in [2.05, 4.69) is 35.6 Å². The molecule has 1 heterocycles. The Labute approximate surface area is 141 Å². The summed E-state index contributed by atoms with van der Waals surface area (Å²) in [6.07, 6.45) is 8.55. The summed E-state index contributed by atoms with van der Waals surface area (Å²) in [5.74, 6) is 1.30. The number of carbonyl (C=O) groups is 1. The van der Waals surface area contributed by atoms with Gasteiger partial charge in [-0.25, -0.2) is 9.97 Å². The molecule has 0 N–H and O–H groups in total. The van der Waals surface area contributed by atoms with E-state index in [0.717, 1.165) is 24.4 Å². The van der Waals surface area contributed by atoms with Gasteiger partial charge in [0.2, 0.25) is 5.91 Å². The zero-order valence-corrected chi connectivity index (χ0v) is 15.4. The fraction of sp³-hybridized carbons (Fsp3) is 0.722. The molecule has 0 saturated heterocycles. The first-order chi connectivity index (χ1) is 10.9. The quantitative estimate of drug-likeness (QED) is 0.622. The number of likely N-dealkylation sites (N-methyl/N-ethyl adjacent to an activating group) is 2. The van der Waals surface area contributed by atoms with E-state index in [1.54, 1.807) is 4.90 Å². The molecule has 1 aromatic rings. The number of rotatable bonds is 10. The van der Waals surface area contributed by atoms with Crippen LogP contribution in [0, 0.1) is 0 Å². The molecule has 23 heavy (non-hydrogen) atoms. The highest BCUT2D eigenvalue weighted by molar-refractivity contribution is 5.77. The largest absolute Gasteiger partial charge is 0.340 e. The molecule has 0 atom stereocenters. The van der Waals surface area contributed by atoms with E-state index in [4.69, 9.17) is 0 Å². The smallest absolute Gasteiger partial charge is 0.236 e. The van der Waals surface area contributed by atoms with Crippen molar-refractivity contribution in [2.24, 2.45) is 0 Å². The third kappa shape index (κ3) is 7.55. The average Bonchev–Trinajstić information content (AvgIpc) is 2.52. The molecule has 1 amide bonds. The lowest BCUT2D eigenvalue weighted by Crippen LogP contribution is -2.36. The Morgan fingerprint density at radius 3 is 2.35 bits per heavy atom. The summed E-state index contributed by atoms with van der Waals surface area (Å²) in [5, 5.41) is 0. The van der Waals surface area contributed by atoms with Gasteiger partial charge in [-0.05, 0) is 20.0 Å². The third-order valence-corrected chi connectivity index (χ3v) is 3.89. The van der Waals surface area contributed by atoms with Crippen molar-refractivity contribution in [3.05, 3.63) is 23.8 Å². The highest BCUT2D eigenvalue weighted by Gasteiger charge is 2.12. The van der Waals surface area contributed by atoms with Crippen LogP contribution in [0.1, 0.15) is 63.8 Å². The molecule has 0 fully saturated rings. The van der Waals surface area contributed by atoms with E-state index in [9.17, 15) is 4.79 Å². The van der Waals surface area contributed by atoms with Crippen molar-refractivity contribution < 1.29 is 4.79 Å². The van der Waals surface area contributed by atoms with Crippen LogP contribution in [-0.2, 0) is 11.3 Å². The molecule has 0 aliphatic heterocycles. The van der Waals surface area contributed by atoms with Gasteiger partial charge in [0.05, 0.1) is 6.54 Å². The monoisotopic (exact) mass is 320 g/mol. The third-order valence-electron chi connectivity index (χ3n) is 3.89. The molecule has 0 saturated carbocycles. The van der Waals surface area contributed by atoms with Crippen molar-refractivity contribution >= 4 is 5.91 Å². The van der Waals surface area contributed by atoms with Crippen molar-refractivity contribution in [1.82, 2.24) is 19.8 Å². The molecule has 0 unspecified atom stereocenters. The van der Waals surface area contributed by atoms with Gasteiger partial charge in [0.15, 0.2) is 0 Å². The van der Waals surface area contributed by atoms with Crippen LogP contribution in [0.25, 0.3) is 0 Å².